The molecule has 6 heteroatoms. The predicted molar refractivity (Wildman–Crippen MR) is 91.5 cm³/mol. The van der Waals surface area contributed by atoms with Crippen molar-refractivity contribution in [2.75, 3.05) is 30.0 Å². The molecule has 23 heavy (non-hydrogen) atoms. The molecule has 3 rings (SSSR count). The van der Waals surface area contributed by atoms with Gasteiger partial charge in [0.15, 0.2) is 9.84 Å². The molecular weight excluding hydrogens is 312 g/mol. The molecule has 1 saturated heterocycles. The van der Waals surface area contributed by atoms with E-state index < -0.39 is 9.84 Å². The average Bonchev–Trinajstić information content (AvgIpc) is 3.06. The van der Waals surface area contributed by atoms with E-state index in [1.165, 1.54) is 5.56 Å². The summed E-state index contributed by atoms with van der Waals surface area (Å²) in [6.07, 6.45) is 0.546. The molecule has 0 N–H and O–H groups in total. The highest BCUT2D eigenvalue weighted by Crippen LogP contribution is 2.37. The Morgan fingerprint density at radius 3 is 2.70 bits per heavy atom. The number of rotatable bonds is 3. The molecule has 1 amide bonds. The third kappa shape index (κ3) is 2.96. The molecule has 5 nitrogen and oxygen atoms in total. The highest BCUT2D eigenvalue weighted by atomic mass is 32.2. The topological polar surface area (TPSA) is 57.7 Å². The van der Waals surface area contributed by atoms with Gasteiger partial charge in [-0.3, -0.25) is 4.79 Å². The normalized spacial score (nSPS) is 26.8. The Bertz CT molecular complexity index is 716. The first-order valence-electron chi connectivity index (χ1n) is 8.13. The number of hydrogen-bond acceptors (Lipinski definition) is 4. The van der Waals surface area contributed by atoms with Crippen LogP contribution >= 0.6 is 0 Å². The monoisotopic (exact) mass is 336 g/mol. The number of amides is 1. The van der Waals surface area contributed by atoms with Crippen molar-refractivity contribution in [3.63, 3.8) is 0 Å². The zero-order valence-electron chi connectivity index (χ0n) is 13.9. The summed E-state index contributed by atoms with van der Waals surface area (Å²) in [5.74, 6) is 0.678. The van der Waals surface area contributed by atoms with Crippen LogP contribution in [0.2, 0.25) is 0 Å². The van der Waals surface area contributed by atoms with E-state index >= 15 is 0 Å². The third-order valence-electron chi connectivity index (χ3n) is 5.18. The number of benzene rings is 1. The van der Waals surface area contributed by atoms with Gasteiger partial charge in [0.05, 0.1) is 11.5 Å². The van der Waals surface area contributed by atoms with Crippen LogP contribution in [-0.4, -0.2) is 56.4 Å². The van der Waals surface area contributed by atoms with Gasteiger partial charge in [0.2, 0.25) is 5.91 Å². The molecule has 3 atom stereocenters. The van der Waals surface area contributed by atoms with Crippen molar-refractivity contribution in [1.82, 2.24) is 4.90 Å². The Morgan fingerprint density at radius 2 is 2.04 bits per heavy atom. The van der Waals surface area contributed by atoms with Crippen LogP contribution in [0.25, 0.3) is 0 Å². The largest absolute Gasteiger partial charge is 0.359 e. The Kier molecular flexibility index (Phi) is 4.12. The van der Waals surface area contributed by atoms with Crippen LogP contribution in [-0.2, 0) is 14.6 Å². The molecule has 1 fully saturated rings. The van der Waals surface area contributed by atoms with Gasteiger partial charge in [0, 0.05) is 31.2 Å². The molecule has 0 saturated carbocycles. The summed E-state index contributed by atoms with van der Waals surface area (Å²) in [5.41, 5.74) is 2.39. The highest BCUT2D eigenvalue weighted by molar-refractivity contribution is 7.91. The summed E-state index contributed by atoms with van der Waals surface area (Å²) >= 11 is 0. The van der Waals surface area contributed by atoms with Crippen molar-refractivity contribution < 1.29 is 13.2 Å². The summed E-state index contributed by atoms with van der Waals surface area (Å²) in [5, 5.41) is 0. The number of anilines is 1. The van der Waals surface area contributed by atoms with E-state index in [-0.39, 0.29) is 29.5 Å². The zero-order chi connectivity index (χ0) is 16.8. The predicted octanol–water partition coefficient (Wildman–Crippen LogP) is 1.64. The maximum Gasteiger partial charge on any atom is 0.245 e. The van der Waals surface area contributed by atoms with E-state index in [9.17, 15) is 13.2 Å². The third-order valence-corrected chi connectivity index (χ3v) is 6.93. The molecule has 2 heterocycles. The maximum absolute atomic E-state index is 12.8. The zero-order valence-corrected chi connectivity index (χ0v) is 14.7. The fraction of sp³-hybridized carbons (Fsp3) is 0.588. The van der Waals surface area contributed by atoms with Gasteiger partial charge in [-0.15, -0.1) is 0 Å². The molecule has 0 spiro atoms. The Hall–Kier alpha value is -1.56. The van der Waals surface area contributed by atoms with Crippen LogP contribution in [0.15, 0.2) is 24.3 Å². The molecule has 3 unspecified atom stereocenters. The minimum Gasteiger partial charge on any atom is -0.359 e. The van der Waals surface area contributed by atoms with E-state index in [4.69, 9.17) is 0 Å². The van der Waals surface area contributed by atoms with Crippen molar-refractivity contribution >= 4 is 21.4 Å². The first-order valence-corrected chi connectivity index (χ1v) is 9.95. The summed E-state index contributed by atoms with van der Waals surface area (Å²) in [6.45, 7) is 4.91. The average molecular weight is 336 g/mol. The van der Waals surface area contributed by atoms with Crippen LogP contribution in [0.4, 0.5) is 5.69 Å². The smallest absolute Gasteiger partial charge is 0.245 e. The van der Waals surface area contributed by atoms with Gasteiger partial charge in [0.1, 0.15) is 6.04 Å². The number of para-hydroxylation sites is 1. The molecule has 2 aliphatic rings. The lowest BCUT2D eigenvalue weighted by molar-refractivity contribution is -0.132. The number of likely N-dealkylation sites (N-methyl/N-ethyl adjacent to an activating group) is 1. The van der Waals surface area contributed by atoms with Gasteiger partial charge in [-0.25, -0.2) is 8.42 Å². The number of carbonyl (C=O) groups excluding carboxylic acids is 1. The van der Waals surface area contributed by atoms with Gasteiger partial charge in [-0.05, 0) is 25.0 Å². The fourth-order valence-corrected chi connectivity index (χ4v) is 5.49. The second-order valence-electron chi connectivity index (χ2n) is 6.79. The van der Waals surface area contributed by atoms with Gasteiger partial charge in [0.25, 0.3) is 0 Å². The highest BCUT2D eigenvalue weighted by Gasteiger charge is 2.37. The van der Waals surface area contributed by atoms with E-state index in [0.717, 1.165) is 12.2 Å². The van der Waals surface area contributed by atoms with E-state index in [2.05, 4.69) is 24.0 Å². The maximum atomic E-state index is 12.8. The summed E-state index contributed by atoms with van der Waals surface area (Å²) in [7, 11) is -1.25. The van der Waals surface area contributed by atoms with Crippen LogP contribution in [0.5, 0.6) is 0 Å². The summed E-state index contributed by atoms with van der Waals surface area (Å²) < 4.78 is 23.3. The first kappa shape index (κ1) is 16.3. The molecule has 0 aliphatic carbocycles. The van der Waals surface area contributed by atoms with Gasteiger partial charge < -0.3 is 9.80 Å². The number of nitrogens with zero attached hydrogens (tertiary/aromatic N) is 2. The molecule has 0 radical (unpaired) electrons. The SMILES string of the molecule is CC1CN(C(C)C(=O)N(C)C2CCS(=O)(=O)C2)c2ccccc21. The number of sulfone groups is 1. The Labute approximate surface area is 138 Å². The number of carbonyl (C=O) groups is 1. The van der Waals surface area contributed by atoms with Crippen molar-refractivity contribution in [3.05, 3.63) is 29.8 Å². The van der Waals surface area contributed by atoms with Gasteiger partial charge >= 0.3 is 0 Å². The van der Waals surface area contributed by atoms with Gasteiger partial charge in [-0.1, -0.05) is 25.1 Å². The quantitative estimate of drug-likeness (QED) is 0.842. The molecule has 1 aromatic rings. The summed E-state index contributed by atoms with van der Waals surface area (Å²) in [4.78, 5) is 16.6. The lowest BCUT2D eigenvalue weighted by Crippen LogP contribution is -2.49. The molecule has 2 aliphatic heterocycles. The fourth-order valence-electron chi connectivity index (χ4n) is 3.71. The summed E-state index contributed by atoms with van der Waals surface area (Å²) in [6, 6.07) is 7.72. The Balaban J connectivity index is 1.76. The van der Waals surface area contributed by atoms with Crippen molar-refractivity contribution in [2.24, 2.45) is 0 Å². The molecule has 126 valence electrons. The van der Waals surface area contributed by atoms with E-state index in [1.54, 1.807) is 11.9 Å². The Morgan fingerprint density at radius 1 is 1.35 bits per heavy atom. The first-order chi connectivity index (χ1) is 10.8. The molecule has 0 bridgehead atoms. The van der Waals surface area contributed by atoms with E-state index in [0.29, 0.717) is 12.3 Å². The van der Waals surface area contributed by atoms with Crippen molar-refractivity contribution in [3.8, 4) is 0 Å². The minimum absolute atomic E-state index is 0.00370. The van der Waals surface area contributed by atoms with Crippen LogP contribution in [0.1, 0.15) is 31.7 Å². The molecular formula is C17H24N2O3S. The van der Waals surface area contributed by atoms with Crippen molar-refractivity contribution in [2.45, 2.75) is 38.3 Å². The van der Waals surface area contributed by atoms with Crippen LogP contribution in [0.3, 0.4) is 0 Å². The molecule has 1 aromatic carbocycles. The van der Waals surface area contributed by atoms with E-state index in [1.807, 2.05) is 19.1 Å². The van der Waals surface area contributed by atoms with Crippen LogP contribution < -0.4 is 4.90 Å². The standard InChI is InChI=1S/C17H24N2O3S/c1-12-10-19(16-7-5-4-6-15(12)16)13(2)17(20)18(3)14-8-9-23(21,22)11-14/h4-7,12-14H,8-11H2,1-3H3. The minimum atomic E-state index is -2.98. The van der Waals surface area contributed by atoms with Crippen molar-refractivity contribution in [1.29, 1.82) is 0 Å². The lowest BCUT2D eigenvalue weighted by Gasteiger charge is -2.32. The second kappa shape index (κ2) is 5.82. The number of fused-ring (bicyclic) bond motifs is 1. The number of hydrogen-bond donors (Lipinski definition) is 0. The lowest BCUT2D eigenvalue weighted by atomic mass is 10.0. The second-order valence-corrected chi connectivity index (χ2v) is 9.02. The van der Waals surface area contributed by atoms with Gasteiger partial charge in [-0.2, -0.15) is 0 Å². The molecule has 0 aromatic heterocycles. The van der Waals surface area contributed by atoms with Crippen LogP contribution in [0, 0.1) is 0 Å².